The number of rotatable bonds is 5. The molecule has 3 aromatic rings. The van der Waals surface area contributed by atoms with Gasteiger partial charge in [0.05, 0.1) is 12.2 Å². The number of sulfonamides is 1. The number of anilines is 2. The van der Waals surface area contributed by atoms with Crippen LogP contribution >= 0.6 is 23.2 Å². The molecule has 0 fully saturated rings. The van der Waals surface area contributed by atoms with Gasteiger partial charge in [0.15, 0.2) is 4.91 Å². The van der Waals surface area contributed by atoms with E-state index in [1.165, 1.54) is 6.08 Å². The van der Waals surface area contributed by atoms with Gasteiger partial charge >= 0.3 is 0 Å². The first-order valence-corrected chi connectivity index (χ1v) is 11.8. The number of halogens is 2. The standard InChI is InChI=1S/C24H18Cl2N2O3S/c1-2-13-28-21-12-11-18(26)15-20(21)22(16-7-4-3-5-8-16)23(32(28,30)31)24(29)27-19-10-6-9-17(25)14-19/h2-12,14-15H,1,13H2,(H,27,29). The second-order valence-corrected chi connectivity index (χ2v) is 9.69. The first-order chi connectivity index (χ1) is 15.3. The monoisotopic (exact) mass is 484 g/mol. The zero-order valence-corrected chi connectivity index (χ0v) is 19.1. The average molecular weight is 485 g/mol. The minimum atomic E-state index is -4.23. The van der Waals surface area contributed by atoms with Crippen LogP contribution in [0.1, 0.15) is 11.1 Å². The molecule has 0 radical (unpaired) electrons. The molecule has 0 saturated heterocycles. The van der Waals surface area contributed by atoms with Crippen LogP contribution in [0, 0.1) is 0 Å². The lowest BCUT2D eigenvalue weighted by Gasteiger charge is -2.33. The van der Waals surface area contributed by atoms with E-state index in [4.69, 9.17) is 23.2 Å². The van der Waals surface area contributed by atoms with Crippen molar-refractivity contribution >= 4 is 56.1 Å². The highest BCUT2D eigenvalue weighted by Gasteiger charge is 2.41. The van der Waals surface area contributed by atoms with Crippen LogP contribution in [0.3, 0.4) is 0 Å². The van der Waals surface area contributed by atoms with Crippen molar-refractivity contribution in [3.63, 3.8) is 0 Å². The molecule has 0 saturated carbocycles. The molecule has 0 spiro atoms. The van der Waals surface area contributed by atoms with Gasteiger partial charge < -0.3 is 5.32 Å². The Hall–Kier alpha value is -3.06. The number of hydrogen-bond acceptors (Lipinski definition) is 3. The van der Waals surface area contributed by atoms with Crippen molar-refractivity contribution in [3.05, 3.63) is 112 Å². The minimum Gasteiger partial charge on any atom is -0.321 e. The molecule has 5 nitrogen and oxygen atoms in total. The Balaban J connectivity index is 2.01. The normalized spacial score (nSPS) is 14.6. The summed E-state index contributed by atoms with van der Waals surface area (Å²) in [4.78, 5) is 13.1. The predicted molar refractivity (Wildman–Crippen MR) is 130 cm³/mol. The van der Waals surface area contributed by atoms with Gasteiger partial charge in [-0.2, -0.15) is 0 Å². The molecule has 4 rings (SSSR count). The van der Waals surface area contributed by atoms with Gasteiger partial charge in [0.2, 0.25) is 0 Å². The molecular weight excluding hydrogens is 467 g/mol. The summed E-state index contributed by atoms with van der Waals surface area (Å²) in [6.07, 6.45) is 1.47. The predicted octanol–water partition coefficient (Wildman–Crippen LogP) is 5.73. The molecule has 3 aromatic carbocycles. The molecule has 1 amide bonds. The molecule has 1 aliphatic rings. The van der Waals surface area contributed by atoms with Crippen molar-refractivity contribution < 1.29 is 13.2 Å². The van der Waals surface area contributed by atoms with Gasteiger partial charge in [0.1, 0.15) is 0 Å². The van der Waals surface area contributed by atoms with E-state index in [9.17, 15) is 13.2 Å². The lowest BCUT2D eigenvalue weighted by molar-refractivity contribution is -0.112. The molecule has 0 aliphatic carbocycles. The Kier molecular flexibility index (Phi) is 6.11. The molecule has 1 aliphatic heterocycles. The molecule has 0 bridgehead atoms. The third-order valence-corrected chi connectivity index (χ3v) is 7.22. The van der Waals surface area contributed by atoms with Crippen LogP contribution in [0.5, 0.6) is 0 Å². The van der Waals surface area contributed by atoms with E-state index in [1.807, 2.05) is 6.07 Å². The van der Waals surface area contributed by atoms with Gasteiger partial charge in [-0.15, -0.1) is 6.58 Å². The summed E-state index contributed by atoms with van der Waals surface area (Å²) in [7, 11) is -4.23. The zero-order chi connectivity index (χ0) is 22.9. The molecule has 1 N–H and O–H groups in total. The van der Waals surface area contributed by atoms with E-state index in [0.717, 1.165) is 4.31 Å². The van der Waals surface area contributed by atoms with Crippen LogP contribution < -0.4 is 9.62 Å². The van der Waals surface area contributed by atoms with Gasteiger partial charge in [0.25, 0.3) is 15.9 Å². The van der Waals surface area contributed by atoms with Crippen LogP contribution in [0.15, 0.2) is 90.4 Å². The Labute approximate surface area is 196 Å². The second-order valence-electron chi connectivity index (χ2n) is 7.02. The summed E-state index contributed by atoms with van der Waals surface area (Å²) in [6, 6.07) is 20.3. The topological polar surface area (TPSA) is 66.5 Å². The average Bonchev–Trinajstić information content (AvgIpc) is 2.75. The first kappa shape index (κ1) is 22.1. The molecule has 1 heterocycles. The first-order valence-electron chi connectivity index (χ1n) is 9.63. The van der Waals surface area contributed by atoms with Gasteiger partial charge in [-0.05, 0) is 42.0 Å². The summed E-state index contributed by atoms with van der Waals surface area (Å²) in [6.45, 7) is 3.66. The van der Waals surface area contributed by atoms with Crippen molar-refractivity contribution in [2.24, 2.45) is 0 Å². The highest BCUT2D eigenvalue weighted by molar-refractivity contribution is 7.97. The smallest absolute Gasteiger partial charge is 0.270 e. The molecular formula is C24H18Cl2N2O3S. The quantitative estimate of drug-likeness (QED) is 0.470. The highest BCUT2D eigenvalue weighted by atomic mass is 35.5. The van der Waals surface area contributed by atoms with E-state index < -0.39 is 15.9 Å². The van der Waals surface area contributed by atoms with E-state index in [2.05, 4.69) is 11.9 Å². The van der Waals surface area contributed by atoms with Gasteiger partial charge in [-0.25, -0.2) is 8.42 Å². The Bertz CT molecular complexity index is 1350. The van der Waals surface area contributed by atoms with Gasteiger partial charge in [-0.1, -0.05) is 65.7 Å². The number of nitrogens with zero attached hydrogens (tertiary/aromatic N) is 1. The fraction of sp³-hybridized carbons (Fsp3) is 0.0417. The van der Waals surface area contributed by atoms with E-state index in [-0.39, 0.29) is 17.0 Å². The number of benzene rings is 3. The summed E-state index contributed by atoms with van der Waals surface area (Å²) < 4.78 is 28.6. The maximum absolute atomic E-state index is 13.7. The maximum Gasteiger partial charge on any atom is 0.270 e. The molecule has 32 heavy (non-hydrogen) atoms. The maximum atomic E-state index is 13.7. The number of hydrogen-bond donors (Lipinski definition) is 1. The highest BCUT2D eigenvalue weighted by Crippen LogP contribution is 2.44. The van der Waals surface area contributed by atoms with Crippen molar-refractivity contribution in [1.29, 1.82) is 0 Å². The van der Waals surface area contributed by atoms with E-state index in [0.29, 0.717) is 32.5 Å². The zero-order valence-electron chi connectivity index (χ0n) is 16.8. The number of amides is 1. The summed E-state index contributed by atoms with van der Waals surface area (Å²) in [5.41, 5.74) is 2.20. The van der Waals surface area contributed by atoms with Gasteiger partial charge in [0, 0.05) is 26.9 Å². The van der Waals surface area contributed by atoms with Crippen LogP contribution in [-0.4, -0.2) is 20.9 Å². The fourth-order valence-electron chi connectivity index (χ4n) is 3.61. The van der Waals surface area contributed by atoms with Crippen LogP contribution in [0.25, 0.3) is 5.57 Å². The van der Waals surface area contributed by atoms with Crippen molar-refractivity contribution in [2.45, 2.75) is 0 Å². The fourth-order valence-corrected chi connectivity index (χ4v) is 5.68. The molecule has 162 valence electrons. The minimum absolute atomic E-state index is 0.00696. The Morgan fingerprint density at radius 1 is 0.969 bits per heavy atom. The summed E-state index contributed by atoms with van der Waals surface area (Å²) in [5.74, 6) is -0.772. The third-order valence-electron chi connectivity index (χ3n) is 4.92. The summed E-state index contributed by atoms with van der Waals surface area (Å²) in [5, 5.41) is 3.50. The van der Waals surface area contributed by atoms with Crippen LogP contribution in [0.2, 0.25) is 10.0 Å². The van der Waals surface area contributed by atoms with Crippen LogP contribution in [-0.2, 0) is 14.8 Å². The van der Waals surface area contributed by atoms with E-state index >= 15 is 0 Å². The molecule has 0 aromatic heterocycles. The van der Waals surface area contributed by atoms with Crippen LogP contribution in [0.4, 0.5) is 11.4 Å². The van der Waals surface area contributed by atoms with Crippen molar-refractivity contribution in [1.82, 2.24) is 0 Å². The molecule has 0 atom stereocenters. The number of fused-ring (bicyclic) bond motifs is 1. The lowest BCUT2D eigenvalue weighted by atomic mass is 9.95. The van der Waals surface area contributed by atoms with Gasteiger partial charge in [-0.3, -0.25) is 9.10 Å². The Morgan fingerprint density at radius 2 is 1.69 bits per heavy atom. The molecule has 8 heteroatoms. The number of nitrogens with one attached hydrogen (secondary N) is 1. The Morgan fingerprint density at radius 3 is 2.38 bits per heavy atom. The largest absolute Gasteiger partial charge is 0.321 e. The second kappa shape index (κ2) is 8.82. The summed E-state index contributed by atoms with van der Waals surface area (Å²) >= 11 is 12.3. The molecule has 0 unspecified atom stereocenters. The van der Waals surface area contributed by atoms with Crippen molar-refractivity contribution in [3.8, 4) is 0 Å². The number of carbonyl (C=O) groups excluding carboxylic acids is 1. The SMILES string of the molecule is C=CCN1c2ccc(Cl)cc2C(c2ccccc2)=C(C(=O)Nc2cccc(Cl)c2)S1(=O)=O. The third kappa shape index (κ3) is 4.05. The number of carbonyl (C=O) groups is 1. The lowest BCUT2D eigenvalue weighted by Crippen LogP contribution is -2.39. The van der Waals surface area contributed by atoms with Crippen molar-refractivity contribution in [2.75, 3.05) is 16.2 Å². The van der Waals surface area contributed by atoms with E-state index in [1.54, 1.807) is 66.7 Å².